The van der Waals surface area contributed by atoms with Crippen LogP contribution in [0, 0.1) is 23.1 Å². The van der Waals surface area contributed by atoms with Crippen molar-refractivity contribution in [3.05, 3.63) is 99.9 Å². The molecule has 0 aromatic heterocycles. The molecule has 6 rings (SSSR count). The molecular weight excluding hydrogens is 573 g/mol. The number of carbonyl (C=O) groups is 3. The summed E-state index contributed by atoms with van der Waals surface area (Å²) in [5.74, 6) is -1.02. The number of nitrogens with zero attached hydrogens (tertiary/aromatic N) is 3. The van der Waals surface area contributed by atoms with E-state index in [1.165, 1.54) is 24.3 Å². The highest BCUT2D eigenvalue weighted by Crippen LogP contribution is 2.47. The minimum Gasteiger partial charge on any atom is -0.386 e. The number of nitriles is 1. The molecule has 2 aliphatic carbocycles. The number of nitrogens with one attached hydrogen (secondary N) is 1. The number of fused-ring (bicyclic) bond motifs is 3. The van der Waals surface area contributed by atoms with E-state index in [2.05, 4.69) is 11.4 Å². The number of benzene rings is 3. The number of piperidine rings is 1. The fourth-order valence-electron chi connectivity index (χ4n) is 7.07. The van der Waals surface area contributed by atoms with Gasteiger partial charge in [-0.1, -0.05) is 12.1 Å². The lowest BCUT2D eigenvalue weighted by atomic mass is 9.68. The van der Waals surface area contributed by atoms with E-state index < -0.39 is 29.1 Å². The summed E-state index contributed by atoms with van der Waals surface area (Å²) in [6.45, 7) is 0.381. The maximum Gasteiger partial charge on any atom is 0.248 e. The zero-order valence-corrected chi connectivity index (χ0v) is 24.6. The molecule has 2 fully saturated rings. The Morgan fingerprint density at radius 1 is 0.933 bits per heavy atom. The van der Waals surface area contributed by atoms with Crippen LogP contribution in [0.4, 0.5) is 10.1 Å². The second-order valence-electron chi connectivity index (χ2n) is 12.0. The SMILES string of the molecule is N#CC1C[C@@H]2C[C@@H]2N1C(=O)CNCCC1(C(N)=Nc2ccc(F)cc2)c2ccc(C(N)=O)cc2CCc2cc(C(N)=O)ccc21. The summed E-state index contributed by atoms with van der Waals surface area (Å²) in [6, 6.07) is 18.2. The number of carbonyl (C=O) groups excluding carboxylic acids is 3. The van der Waals surface area contributed by atoms with Gasteiger partial charge in [-0.25, -0.2) is 9.38 Å². The first-order valence-corrected chi connectivity index (χ1v) is 15.0. The van der Waals surface area contributed by atoms with E-state index in [0.717, 1.165) is 35.1 Å². The van der Waals surface area contributed by atoms with Gasteiger partial charge in [0.2, 0.25) is 17.7 Å². The number of aryl methyl sites for hydroxylation is 2. The van der Waals surface area contributed by atoms with Crippen molar-refractivity contribution in [2.24, 2.45) is 28.1 Å². The van der Waals surface area contributed by atoms with Crippen LogP contribution in [-0.4, -0.2) is 53.6 Å². The van der Waals surface area contributed by atoms with Gasteiger partial charge in [0.25, 0.3) is 0 Å². The second-order valence-corrected chi connectivity index (χ2v) is 12.0. The van der Waals surface area contributed by atoms with Gasteiger partial charge in [0.1, 0.15) is 17.7 Å². The maximum atomic E-state index is 13.8. The molecular formula is C34H34FN7O3. The summed E-state index contributed by atoms with van der Waals surface area (Å²) in [6.07, 6.45) is 3.06. The highest BCUT2D eigenvalue weighted by atomic mass is 19.1. The first-order valence-electron chi connectivity index (χ1n) is 15.0. The Hall–Kier alpha value is -5.08. The molecule has 3 amide bonds. The molecule has 3 aromatic rings. The number of primary amides is 2. The Bertz CT molecular complexity index is 1700. The van der Waals surface area contributed by atoms with E-state index in [0.29, 0.717) is 48.5 Å². The van der Waals surface area contributed by atoms with E-state index >= 15 is 0 Å². The number of amidine groups is 1. The molecule has 3 atom stereocenters. The van der Waals surface area contributed by atoms with Gasteiger partial charge in [0.15, 0.2) is 0 Å². The third-order valence-electron chi connectivity index (χ3n) is 9.37. The molecule has 45 heavy (non-hydrogen) atoms. The number of likely N-dealkylation sites (tertiary alicyclic amines) is 1. The van der Waals surface area contributed by atoms with Gasteiger partial charge in [-0.05, 0) is 115 Å². The van der Waals surface area contributed by atoms with Gasteiger partial charge in [0.05, 0.1) is 23.7 Å². The standard InChI is InChI=1S/C34H34FN7O3/c35-24-5-7-25(8-6-24)41-33(39)34(11-12-40-18-30(43)42-26(17-36)15-23-16-29(23)42)27-9-3-21(31(37)44)13-19(27)1-2-20-14-22(32(38)45)4-10-28(20)34/h3-10,13-14,23,26,29,40H,1-2,11-12,15-16,18H2,(H2,37,44)(H2,38,45)(H2,39,41)/t23-,26?,29+/m1/s1. The van der Waals surface area contributed by atoms with E-state index in [1.54, 1.807) is 29.2 Å². The van der Waals surface area contributed by atoms with Crippen molar-refractivity contribution in [1.82, 2.24) is 10.2 Å². The summed E-state index contributed by atoms with van der Waals surface area (Å²) in [5, 5.41) is 12.8. The van der Waals surface area contributed by atoms with Gasteiger partial charge >= 0.3 is 0 Å². The molecule has 1 saturated heterocycles. The van der Waals surface area contributed by atoms with Gasteiger partial charge in [0, 0.05) is 17.2 Å². The van der Waals surface area contributed by atoms with Crippen LogP contribution < -0.4 is 22.5 Å². The van der Waals surface area contributed by atoms with Crippen molar-refractivity contribution in [1.29, 1.82) is 5.26 Å². The zero-order chi connectivity index (χ0) is 31.9. The maximum absolute atomic E-state index is 13.8. The van der Waals surface area contributed by atoms with Crippen molar-refractivity contribution in [2.75, 3.05) is 13.1 Å². The van der Waals surface area contributed by atoms with E-state index in [4.69, 9.17) is 22.2 Å². The minimum absolute atomic E-state index is 0.0490. The molecule has 10 nitrogen and oxygen atoms in total. The third-order valence-corrected chi connectivity index (χ3v) is 9.37. The highest BCUT2D eigenvalue weighted by Gasteiger charge is 2.54. The molecule has 1 saturated carbocycles. The van der Waals surface area contributed by atoms with E-state index in [9.17, 15) is 24.0 Å². The fourth-order valence-corrected chi connectivity index (χ4v) is 7.07. The average molecular weight is 608 g/mol. The molecule has 1 heterocycles. The van der Waals surface area contributed by atoms with Crippen molar-refractivity contribution in [2.45, 2.75) is 49.6 Å². The first-order chi connectivity index (χ1) is 21.6. The van der Waals surface area contributed by atoms with Crippen LogP contribution in [0.3, 0.4) is 0 Å². The number of rotatable bonds is 9. The Morgan fingerprint density at radius 3 is 2.09 bits per heavy atom. The summed E-state index contributed by atoms with van der Waals surface area (Å²) < 4.78 is 13.8. The quantitative estimate of drug-likeness (QED) is 0.165. The third kappa shape index (κ3) is 5.53. The second kappa shape index (κ2) is 11.8. The lowest BCUT2D eigenvalue weighted by Crippen LogP contribution is -2.47. The van der Waals surface area contributed by atoms with Gasteiger partial charge in [-0.2, -0.15) is 5.26 Å². The normalized spacial score (nSPS) is 21.1. The van der Waals surface area contributed by atoms with Crippen molar-refractivity contribution in [3.8, 4) is 6.07 Å². The molecule has 230 valence electrons. The topological polar surface area (TPSA) is 181 Å². The summed E-state index contributed by atoms with van der Waals surface area (Å²) in [5.41, 5.74) is 21.6. The Kier molecular flexibility index (Phi) is 7.85. The van der Waals surface area contributed by atoms with E-state index in [-0.39, 0.29) is 24.3 Å². The van der Waals surface area contributed by atoms with Crippen LogP contribution in [0.15, 0.2) is 65.7 Å². The van der Waals surface area contributed by atoms with E-state index in [1.807, 2.05) is 12.1 Å². The molecule has 1 unspecified atom stereocenters. The summed E-state index contributed by atoms with van der Waals surface area (Å²) in [7, 11) is 0. The average Bonchev–Trinajstić information content (AvgIpc) is 3.72. The highest BCUT2D eigenvalue weighted by molar-refractivity contribution is 6.00. The lowest BCUT2D eigenvalue weighted by molar-refractivity contribution is -0.131. The summed E-state index contributed by atoms with van der Waals surface area (Å²) >= 11 is 0. The zero-order valence-electron chi connectivity index (χ0n) is 24.6. The predicted molar refractivity (Wildman–Crippen MR) is 166 cm³/mol. The first kappa shape index (κ1) is 30.0. The number of nitrogens with two attached hydrogens (primary N) is 3. The van der Waals surface area contributed by atoms with Crippen LogP contribution in [0.2, 0.25) is 0 Å². The number of aliphatic imine (C=N–C) groups is 1. The lowest BCUT2D eigenvalue weighted by Gasteiger charge is -2.36. The number of hydrogen-bond acceptors (Lipinski definition) is 6. The Morgan fingerprint density at radius 2 is 1.53 bits per heavy atom. The molecule has 0 radical (unpaired) electrons. The van der Waals surface area contributed by atoms with Crippen LogP contribution in [0.5, 0.6) is 0 Å². The molecule has 0 bridgehead atoms. The number of halogens is 1. The van der Waals surface area contributed by atoms with Gasteiger partial charge in [-0.3, -0.25) is 14.4 Å². The molecule has 3 aromatic carbocycles. The molecule has 3 aliphatic rings. The number of amides is 3. The fraction of sp³-hybridized carbons (Fsp3) is 0.324. The molecule has 7 N–H and O–H groups in total. The summed E-state index contributed by atoms with van der Waals surface area (Å²) in [4.78, 5) is 44.0. The van der Waals surface area contributed by atoms with Crippen molar-refractivity contribution < 1.29 is 18.8 Å². The van der Waals surface area contributed by atoms with Gasteiger partial charge in [-0.15, -0.1) is 0 Å². The Labute approximate surface area is 260 Å². The monoisotopic (exact) mass is 607 g/mol. The number of hydrogen-bond donors (Lipinski definition) is 4. The largest absolute Gasteiger partial charge is 0.386 e. The van der Waals surface area contributed by atoms with Crippen molar-refractivity contribution in [3.63, 3.8) is 0 Å². The van der Waals surface area contributed by atoms with Crippen LogP contribution in [0.1, 0.15) is 62.2 Å². The minimum atomic E-state index is -1.08. The van der Waals surface area contributed by atoms with Crippen LogP contribution in [-0.2, 0) is 23.1 Å². The van der Waals surface area contributed by atoms with Crippen LogP contribution in [0.25, 0.3) is 0 Å². The van der Waals surface area contributed by atoms with Crippen molar-refractivity contribution >= 4 is 29.2 Å². The van der Waals surface area contributed by atoms with Crippen LogP contribution >= 0.6 is 0 Å². The molecule has 1 aliphatic heterocycles. The Balaban J connectivity index is 1.42. The molecule has 11 heteroatoms. The molecule has 0 spiro atoms. The van der Waals surface area contributed by atoms with Gasteiger partial charge < -0.3 is 27.4 Å². The smallest absolute Gasteiger partial charge is 0.248 e. The predicted octanol–water partition coefficient (Wildman–Crippen LogP) is 2.59.